The molecule has 0 aliphatic heterocycles. The number of benzene rings is 1. The predicted octanol–water partition coefficient (Wildman–Crippen LogP) is 1.05. The molecule has 0 radical (unpaired) electrons. The highest BCUT2D eigenvalue weighted by Gasteiger charge is 2.41. The van der Waals surface area contributed by atoms with Gasteiger partial charge in [-0.2, -0.15) is 0 Å². The summed E-state index contributed by atoms with van der Waals surface area (Å²) in [4.78, 5) is 24.7. The van der Waals surface area contributed by atoms with E-state index in [4.69, 9.17) is 4.42 Å². The number of fused-ring (bicyclic) bond motifs is 1. The SMILES string of the molecule is CC(C)C(O)(C(=O)O)c1ccc2[nH]c(=O)oc2c1. The van der Waals surface area contributed by atoms with E-state index in [1.54, 1.807) is 13.8 Å². The molecule has 2 rings (SSSR count). The molecule has 96 valence electrons. The summed E-state index contributed by atoms with van der Waals surface area (Å²) in [5.41, 5.74) is -1.15. The van der Waals surface area contributed by atoms with Crippen LogP contribution in [0.4, 0.5) is 0 Å². The van der Waals surface area contributed by atoms with Crippen LogP contribution in [0, 0.1) is 5.92 Å². The van der Waals surface area contributed by atoms with E-state index in [1.807, 2.05) is 0 Å². The van der Waals surface area contributed by atoms with Gasteiger partial charge in [-0.25, -0.2) is 9.59 Å². The Kier molecular flexibility index (Phi) is 2.74. The Hall–Kier alpha value is -2.08. The Morgan fingerprint density at radius 1 is 1.44 bits per heavy atom. The van der Waals surface area contributed by atoms with Crippen molar-refractivity contribution < 1.29 is 19.4 Å². The number of rotatable bonds is 3. The first kappa shape index (κ1) is 12.4. The first-order chi connectivity index (χ1) is 8.35. The number of carboxylic acids is 1. The zero-order valence-corrected chi connectivity index (χ0v) is 9.93. The van der Waals surface area contributed by atoms with Crippen LogP contribution < -0.4 is 5.76 Å². The summed E-state index contributed by atoms with van der Waals surface area (Å²) in [5, 5.41) is 19.5. The number of aliphatic carboxylic acids is 1. The molecule has 0 spiro atoms. The van der Waals surface area contributed by atoms with Crippen molar-refractivity contribution in [3.63, 3.8) is 0 Å². The van der Waals surface area contributed by atoms with Crippen LogP contribution in [-0.2, 0) is 10.4 Å². The van der Waals surface area contributed by atoms with Crippen molar-refractivity contribution in [1.82, 2.24) is 4.98 Å². The first-order valence-corrected chi connectivity index (χ1v) is 5.45. The van der Waals surface area contributed by atoms with E-state index in [9.17, 15) is 19.8 Å². The minimum absolute atomic E-state index is 0.181. The molecule has 1 unspecified atom stereocenters. The van der Waals surface area contributed by atoms with Gasteiger partial charge in [-0.15, -0.1) is 0 Å². The van der Waals surface area contributed by atoms with Crippen LogP contribution in [0.25, 0.3) is 11.1 Å². The second kappa shape index (κ2) is 3.99. The summed E-state index contributed by atoms with van der Waals surface area (Å²) >= 11 is 0. The van der Waals surface area contributed by atoms with Gasteiger partial charge >= 0.3 is 11.7 Å². The second-order valence-electron chi connectivity index (χ2n) is 4.45. The molecule has 0 fully saturated rings. The molecular formula is C12H13NO5. The van der Waals surface area contributed by atoms with Gasteiger partial charge in [-0.3, -0.25) is 4.98 Å². The average molecular weight is 251 g/mol. The number of H-pyrrole nitrogens is 1. The minimum atomic E-state index is -2.01. The average Bonchev–Trinajstić information content (AvgIpc) is 2.66. The third kappa shape index (κ3) is 1.70. The molecule has 18 heavy (non-hydrogen) atoms. The number of oxazole rings is 1. The fourth-order valence-electron chi connectivity index (χ4n) is 1.89. The molecule has 0 saturated heterocycles. The summed E-state index contributed by atoms with van der Waals surface area (Å²) < 4.78 is 4.85. The molecule has 0 saturated carbocycles. The van der Waals surface area contributed by atoms with Gasteiger partial charge in [-0.1, -0.05) is 19.9 Å². The predicted molar refractivity (Wildman–Crippen MR) is 63.2 cm³/mol. The fourth-order valence-corrected chi connectivity index (χ4v) is 1.89. The fraction of sp³-hybridized carbons (Fsp3) is 0.333. The highest BCUT2D eigenvalue weighted by atomic mass is 16.4. The third-order valence-corrected chi connectivity index (χ3v) is 3.02. The van der Waals surface area contributed by atoms with E-state index in [2.05, 4.69) is 4.98 Å². The third-order valence-electron chi connectivity index (χ3n) is 3.02. The monoisotopic (exact) mass is 251 g/mol. The van der Waals surface area contributed by atoms with Gasteiger partial charge in [0.15, 0.2) is 11.2 Å². The number of carboxylic acid groups (broad SMARTS) is 1. The standard InChI is InChI=1S/C12H13NO5/c1-6(2)12(17,10(14)15)7-3-4-8-9(5-7)18-11(16)13-8/h3-6,17H,1-2H3,(H,13,16)(H,14,15). The van der Waals surface area contributed by atoms with Crippen LogP contribution in [0.3, 0.4) is 0 Å². The van der Waals surface area contributed by atoms with Crippen LogP contribution in [0.5, 0.6) is 0 Å². The van der Waals surface area contributed by atoms with Crippen molar-refractivity contribution in [3.8, 4) is 0 Å². The van der Waals surface area contributed by atoms with Crippen LogP contribution in [-0.4, -0.2) is 21.2 Å². The molecule has 6 nitrogen and oxygen atoms in total. The number of aromatic amines is 1. The van der Waals surface area contributed by atoms with Crippen molar-refractivity contribution >= 4 is 17.1 Å². The van der Waals surface area contributed by atoms with Crippen LogP contribution in [0.1, 0.15) is 19.4 Å². The van der Waals surface area contributed by atoms with E-state index < -0.39 is 23.2 Å². The van der Waals surface area contributed by atoms with Crippen LogP contribution in [0.2, 0.25) is 0 Å². The molecule has 0 bridgehead atoms. The largest absolute Gasteiger partial charge is 0.479 e. The zero-order chi connectivity index (χ0) is 13.5. The Morgan fingerprint density at radius 2 is 2.11 bits per heavy atom. The number of aromatic nitrogens is 1. The lowest BCUT2D eigenvalue weighted by Gasteiger charge is -2.27. The molecule has 1 aromatic carbocycles. The minimum Gasteiger partial charge on any atom is -0.479 e. The highest BCUT2D eigenvalue weighted by Crippen LogP contribution is 2.31. The number of hydrogen-bond donors (Lipinski definition) is 3. The van der Waals surface area contributed by atoms with E-state index in [0.717, 1.165) is 0 Å². The Morgan fingerprint density at radius 3 is 2.67 bits per heavy atom. The molecule has 0 aliphatic carbocycles. The summed E-state index contributed by atoms with van der Waals surface area (Å²) in [5.74, 6) is -2.49. The molecule has 0 amide bonds. The number of carbonyl (C=O) groups is 1. The molecular weight excluding hydrogens is 238 g/mol. The van der Waals surface area contributed by atoms with Gasteiger partial charge in [0, 0.05) is 0 Å². The molecule has 1 atom stereocenters. The molecule has 3 N–H and O–H groups in total. The van der Waals surface area contributed by atoms with E-state index in [-0.39, 0.29) is 11.1 Å². The summed E-state index contributed by atoms with van der Waals surface area (Å²) in [6.07, 6.45) is 0. The summed E-state index contributed by atoms with van der Waals surface area (Å²) in [6.45, 7) is 3.21. The van der Waals surface area contributed by atoms with E-state index in [0.29, 0.717) is 5.52 Å². The van der Waals surface area contributed by atoms with Gasteiger partial charge in [0.2, 0.25) is 0 Å². The van der Waals surface area contributed by atoms with Crippen molar-refractivity contribution in [3.05, 3.63) is 34.3 Å². The quantitative estimate of drug-likeness (QED) is 0.756. The van der Waals surface area contributed by atoms with Crippen LogP contribution in [0.15, 0.2) is 27.4 Å². The van der Waals surface area contributed by atoms with Crippen molar-refractivity contribution in [2.45, 2.75) is 19.4 Å². The summed E-state index contributed by atoms with van der Waals surface area (Å²) in [6, 6.07) is 4.33. The second-order valence-corrected chi connectivity index (χ2v) is 4.45. The van der Waals surface area contributed by atoms with Crippen molar-refractivity contribution in [1.29, 1.82) is 0 Å². The maximum atomic E-state index is 11.3. The maximum absolute atomic E-state index is 11.3. The lowest BCUT2D eigenvalue weighted by Crippen LogP contribution is -2.40. The van der Waals surface area contributed by atoms with Gasteiger partial charge in [0.05, 0.1) is 5.52 Å². The number of aliphatic hydroxyl groups is 1. The number of nitrogens with one attached hydrogen (secondary N) is 1. The van der Waals surface area contributed by atoms with E-state index >= 15 is 0 Å². The van der Waals surface area contributed by atoms with Gasteiger partial charge in [0.25, 0.3) is 0 Å². The Labute approximate surface area is 102 Å². The van der Waals surface area contributed by atoms with E-state index in [1.165, 1.54) is 18.2 Å². The smallest absolute Gasteiger partial charge is 0.417 e. The number of hydrogen-bond acceptors (Lipinski definition) is 4. The topological polar surface area (TPSA) is 104 Å². The normalized spacial score (nSPS) is 14.9. The molecule has 0 aliphatic rings. The highest BCUT2D eigenvalue weighted by molar-refractivity contribution is 5.82. The van der Waals surface area contributed by atoms with Gasteiger partial charge in [-0.05, 0) is 23.6 Å². The van der Waals surface area contributed by atoms with Crippen molar-refractivity contribution in [2.24, 2.45) is 5.92 Å². The molecule has 1 heterocycles. The molecule has 1 aromatic heterocycles. The Balaban J connectivity index is 2.65. The Bertz CT molecular complexity index is 654. The first-order valence-electron chi connectivity index (χ1n) is 5.45. The lowest BCUT2D eigenvalue weighted by atomic mass is 9.83. The maximum Gasteiger partial charge on any atom is 0.417 e. The van der Waals surface area contributed by atoms with Gasteiger partial charge < -0.3 is 14.6 Å². The molecule has 2 aromatic rings. The summed E-state index contributed by atoms with van der Waals surface area (Å²) in [7, 11) is 0. The molecule has 6 heteroatoms. The van der Waals surface area contributed by atoms with Gasteiger partial charge in [0.1, 0.15) is 0 Å². The zero-order valence-electron chi connectivity index (χ0n) is 9.93. The van der Waals surface area contributed by atoms with Crippen molar-refractivity contribution in [2.75, 3.05) is 0 Å². The lowest BCUT2D eigenvalue weighted by molar-refractivity contribution is -0.165. The van der Waals surface area contributed by atoms with Crippen LogP contribution >= 0.6 is 0 Å².